The monoisotopic (exact) mass is 355 g/mol. The fourth-order valence-electron chi connectivity index (χ4n) is 1.66. The maximum atomic E-state index is 12.5. The number of ether oxygens (including phenoxy) is 1. The van der Waals surface area contributed by atoms with Crippen LogP contribution in [0.25, 0.3) is 0 Å². The van der Waals surface area contributed by atoms with Crippen LogP contribution >= 0.6 is 23.4 Å². The quantitative estimate of drug-likeness (QED) is 0.784. The van der Waals surface area contributed by atoms with Crippen molar-refractivity contribution in [1.29, 1.82) is 0 Å². The van der Waals surface area contributed by atoms with Crippen LogP contribution in [-0.4, -0.2) is 13.8 Å². The summed E-state index contributed by atoms with van der Waals surface area (Å²) in [5.74, 6) is 0.998. The Morgan fingerprint density at radius 1 is 1.05 bits per heavy atom. The first-order chi connectivity index (χ1) is 9.50. The fourth-order valence-corrected chi connectivity index (χ4v) is 3.12. The number of halogens is 1. The van der Waals surface area contributed by atoms with Crippen LogP contribution in [0.15, 0.2) is 53.0 Å². The Kier molecular flexibility index (Phi) is 4.73. The number of rotatable bonds is 5. The molecule has 20 heavy (non-hydrogen) atoms. The molecule has 0 heterocycles. The van der Waals surface area contributed by atoms with Crippen LogP contribution in [0.1, 0.15) is 0 Å². The van der Waals surface area contributed by atoms with Crippen molar-refractivity contribution in [3.63, 3.8) is 0 Å². The molecule has 0 aliphatic heterocycles. The molecule has 2 rings (SSSR count). The highest BCUT2D eigenvalue weighted by Gasteiger charge is 2.19. The first-order valence-corrected chi connectivity index (χ1v) is 8.81. The zero-order chi connectivity index (χ0) is 14.6. The minimum Gasteiger partial charge on any atom is -0.493 e. The van der Waals surface area contributed by atoms with Crippen LogP contribution in [0.5, 0.6) is 11.5 Å². The average molecular weight is 356 g/mol. The number of methoxy groups -OCH3 is 1. The van der Waals surface area contributed by atoms with Gasteiger partial charge in [-0.15, -0.1) is 0 Å². The molecule has 0 aliphatic carbocycles. The molecule has 4 nitrogen and oxygen atoms in total. The van der Waals surface area contributed by atoms with E-state index < -0.39 is 7.52 Å². The second-order valence-electron chi connectivity index (χ2n) is 4.21. The molecule has 0 aromatic heterocycles. The standard InChI is InChI=1S/C14H15BrNO3P/c1-18-13-5-3-4-6-14(13)19-20(2,17)16-12-9-7-11(15)8-10-12/h3-10H,1-2H3,(H,16,17)/t20-/m1/s1. The molecule has 0 saturated carbocycles. The molecule has 6 heteroatoms. The molecule has 2 aromatic carbocycles. The van der Waals surface area contributed by atoms with E-state index in [1.807, 2.05) is 30.3 Å². The summed E-state index contributed by atoms with van der Waals surface area (Å²) in [5.41, 5.74) is 0.730. The Morgan fingerprint density at radius 3 is 2.25 bits per heavy atom. The highest BCUT2D eigenvalue weighted by Crippen LogP contribution is 2.45. The lowest BCUT2D eigenvalue weighted by Gasteiger charge is -2.18. The van der Waals surface area contributed by atoms with Crippen LogP contribution in [0.3, 0.4) is 0 Å². The first-order valence-electron chi connectivity index (χ1n) is 5.94. The van der Waals surface area contributed by atoms with Gasteiger partial charge < -0.3 is 14.3 Å². The van der Waals surface area contributed by atoms with Gasteiger partial charge in [0.2, 0.25) is 0 Å². The molecule has 0 bridgehead atoms. The SMILES string of the molecule is COc1ccccc1O[P@@](C)(=O)Nc1ccc(Br)cc1. The summed E-state index contributed by atoms with van der Waals surface area (Å²) in [5, 5.41) is 2.90. The van der Waals surface area contributed by atoms with Gasteiger partial charge in [-0.25, -0.2) is 0 Å². The molecule has 106 valence electrons. The Hall–Kier alpha value is -1.45. The van der Waals surface area contributed by atoms with Gasteiger partial charge in [-0.2, -0.15) is 0 Å². The van der Waals surface area contributed by atoms with Gasteiger partial charge in [0.25, 0.3) is 0 Å². The molecular weight excluding hydrogens is 341 g/mol. The molecule has 0 aliphatic rings. The Bertz CT molecular complexity index is 631. The Labute approximate surface area is 126 Å². The third-order valence-electron chi connectivity index (χ3n) is 2.52. The van der Waals surface area contributed by atoms with Crippen molar-refractivity contribution in [2.45, 2.75) is 0 Å². The normalized spacial score (nSPS) is 13.3. The van der Waals surface area contributed by atoms with E-state index in [0.717, 1.165) is 10.2 Å². The topological polar surface area (TPSA) is 47.6 Å². The summed E-state index contributed by atoms with van der Waals surface area (Å²) >= 11 is 3.35. The molecule has 0 amide bonds. The van der Waals surface area contributed by atoms with E-state index >= 15 is 0 Å². The van der Waals surface area contributed by atoms with Gasteiger partial charge >= 0.3 is 7.52 Å². The lowest BCUT2D eigenvalue weighted by Crippen LogP contribution is -2.03. The zero-order valence-electron chi connectivity index (χ0n) is 11.2. The number of hydrogen-bond acceptors (Lipinski definition) is 3. The number of benzene rings is 2. The van der Waals surface area contributed by atoms with Crippen LogP contribution in [0.4, 0.5) is 5.69 Å². The molecule has 0 unspecified atom stereocenters. The second kappa shape index (κ2) is 6.33. The smallest absolute Gasteiger partial charge is 0.338 e. The molecule has 1 N–H and O–H groups in total. The van der Waals surface area contributed by atoms with Crippen LogP contribution in [0.2, 0.25) is 0 Å². The number of anilines is 1. The van der Waals surface area contributed by atoms with Crippen molar-refractivity contribution in [3.05, 3.63) is 53.0 Å². The van der Waals surface area contributed by atoms with Crippen LogP contribution in [0, 0.1) is 0 Å². The van der Waals surface area contributed by atoms with Crippen molar-refractivity contribution in [1.82, 2.24) is 0 Å². The summed E-state index contributed by atoms with van der Waals surface area (Å²) in [4.78, 5) is 0. The van der Waals surface area contributed by atoms with Crippen molar-refractivity contribution in [3.8, 4) is 11.5 Å². The van der Waals surface area contributed by atoms with Crippen molar-refractivity contribution < 1.29 is 13.8 Å². The van der Waals surface area contributed by atoms with Gasteiger partial charge in [0.15, 0.2) is 11.5 Å². The van der Waals surface area contributed by atoms with Crippen molar-refractivity contribution in [2.75, 3.05) is 18.9 Å². The second-order valence-corrected chi connectivity index (χ2v) is 7.22. The molecule has 1 atom stereocenters. The average Bonchev–Trinajstić information content (AvgIpc) is 2.41. The number of nitrogens with one attached hydrogen (secondary N) is 1. The molecule has 0 fully saturated rings. The van der Waals surface area contributed by atoms with Crippen LogP contribution < -0.4 is 14.3 Å². The maximum Gasteiger partial charge on any atom is 0.338 e. The Morgan fingerprint density at radius 2 is 1.65 bits per heavy atom. The lowest BCUT2D eigenvalue weighted by molar-refractivity contribution is 0.391. The minimum atomic E-state index is -3.04. The van der Waals surface area contributed by atoms with E-state index in [1.165, 1.54) is 6.66 Å². The maximum absolute atomic E-state index is 12.5. The van der Waals surface area contributed by atoms with Crippen molar-refractivity contribution >= 4 is 29.1 Å². The molecule has 0 radical (unpaired) electrons. The van der Waals surface area contributed by atoms with E-state index in [-0.39, 0.29) is 0 Å². The van der Waals surface area contributed by atoms with Gasteiger partial charge in [-0.3, -0.25) is 4.57 Å². The first kappa shape index (κ1) is 14.9. The fraction of sp³-hybridized carbons (Fsp3) is 0.143. The number of para-hydroxylation sites is 2. The van der Waals surface area contributed by atoms with E-state index in [4.69, 9.17) is 9.26 Å². The Balaban J connectivity index is 2.14. The summed E-state index contributed by atoms with van der Waals surface area (Å²) in [6.45, 7) is 1.53. The van der Waals surface area contributed by atoms with Crippen molar-refractivity contribution in [2.24, 2.45) is 0 Å². The summed E-state index contributed by atoms with van der Waals surface area (Å²) < 4.78 is 24.2. The van der Waals surface area contributed by atoms with Gasteiger partial charge in [-0.1, -0.05) is 28.1 Å². The molecule has 0 saturated heterocycles. The van der Waals surface area contributed by atoms with Gasteiger partial charge in [0, 0.05) is 16.8 Å². The molecule has 0 spiro atoms. The summed E-state index contributed by atoms with van der Waals surface area (Å²) in [6.07, 6.45) is 0. The highest BCUT2D eigenvalue weighted by atomic mass is 79.9. The number of hydrogen-bond donors (Lipinski definition) is 1. The van der Waals surface area contributed by atoms with E-state index in [9.17, 15) is 4.57 Å². The summed E-state index contributed by atoms with van der Waals surface area (Å²) in [6, 6.07) is 14.5. The molecule has 2 aromatic rings. The van der Waals surface area contributed by atoms with Gasteiger partial charge in [0.05, 0.1) is 7.11 Å². The zero-order valence-corrected chi connectivity index (χ0v) is 13.6. The predicted molar refractivity (Wildman–Crippen MR) is 84.9 cm³/mol. The molecular formula is C14H15BrNO3P. The highest BCUT2D eigenvalue weighted by molar-refractivity contribution is 9.10. The largest absolute Gasteiger partial charge is 0.493 e. The minimum absolute atomic E-state index is 0.449. The third kappa shape index (κ3) is 4.02. The van der Waals surface area contributed by atoms with E-state index in [2.05, 4.69) is 21.0 Å². The van der Waals surface area contributed by atoms with Gasteiger partial charge in [0.1, 0.15) is 0 Å². The predicted octanol–water partition coefficient (Wildman–Crippen LogP) is 4.77. The van der Waals surface area contributed by atoms with Gasteiger partial charge in [-0.05, 0) is 36.4 Å². The lowest BCUT2D eigenvalue weighted by atomic mass is 10.3. The van der Waals surface area contributed by atoms with Crippen LogP contribution in [-0.2, 0) is 4.57 Å². The van der Waals surface area contributed by atoms with E-state index in [0.29, 0.717) is 11.5 Å². The third-order valence-corrected chi connectivity index (χ3v) is 4.26. The van der Waals surface area contributed by atoms with E-state index in [1.54, 1.807) is 25.3 Å². The summed E-state index contributed by atoms with van der Waals surface area (Å²) in [7, 11) is -1.49.